The summed E-state index contributed by atoms with van der Waals surface area (Å²) in [5.74, 6) is 1.53. The molecule has 0 aliphatic carbocycles. The summed E-state index contributed by atoms with van der Waals surface area (Å²) in [6.45, 7) is 0. The van der Waals surface area contributed by atoms with Crippen molar-refractivity contribution in [3.8, 4) is 11.5 Å². The fourth-order valence-corrected chi connectivity index (χ4v) is 4.02. The zero-order valence-electron chi connectivity index (χ0n) is 11.4. The molecule has 2 nitrogen and oxygen atoms in total. The Labute approximate surface area is 141 Å². The van der Waals surface area contributed by atoms with Crippen LogP contribution < -0.4 is 9.47 Å². The van der Waals surface area contributed by atoms with Crippen LogP contribution in [0.2, 0.25) is 0 Å². The van der Waals surface area contributed by atoms with Crippen LogP contribution in [-0.4, -0.2) is 14.2 Å². The van der Waals surface area contributed by atoms with Crippen LogP contribution in [-0.2, 0) is 6.42 Å². The summed E-state index contributed by atoms with van der Waals surface area (Å²) >= 11 is 6.15. The molecule has 1 atom stereocenters. The maximum atomic E-state index is 5.35. The molecule has 106 valence electrons. The Morgan fingerprint density at radius 2 is 1.75 bits per heavy atom. The summed E-state index contributed by atoms with van der Waals surface area (Å²) in [5.41, 5.74) is 2.52. The highest BCUT2D eigenvalue weighted by Crippen LogP contribution is 2.33. The van der Waals surface area contributed by atoms with E-state index in [1.165, 1.54) is 14.7 Å². The molecule has 0 fully saturated rings. The molecule has 0 saturated heterocycles. The number of methoxy groups -OCH3 is 2. The van der Waals surface area contributed by atoms with Crippen LogP contribution in [0.5, 0.6) is 11.5 Å². The summed E-state index contributed by atoms with van der Waals surface area (Å²) in [6, 6.07) is 14.5. The zero-order valence-corrected chi connectivity index (χ0v) is 15.1. The van der Waals surface area contributed by atoms with Crippen LogP contribution in [0.4, 0.5) is 0 Å². The van der Waals surface area contributed by atoms with Gasteiger partial charge < -0.3 is 9.47 Å². The number of rotatable bonds is 5. The van der Waals surface area contributed by atoms with E-state index in [4.69, 9.17) is 9.47 Å². The number of ether oxygens (including phenoxy) is 2. The predicted molar refractivity (Wildman–Crippen MR) is 94.1 cm³/mol. The number of hydrogen-bond acceptors (Lipinski definition) is 2. The lowest BCUT2D eigenvalue weighted by Crippen LogP contribution is -1.99. The molecule has 4 heteroatoms. The van der Waals surface area contributed by atoms with Gasteiger partial charge in [-0.2, -0.15) is 0 Å². The first-order chi connectivity index (χ1) is 9.65. The van der Waals surface area contributed by atoms with Gasteiger partial charge in [-0.25, -0.2) is 0 Å². The highest BCUT2D eigenvalue weighted by molar-refractivity contribution is 14.1. The highest BCUT2D eigenvalue weighted by atomic mass is 127. The number of halogens is 2. The van der Waals surface area contributed by atoms with Crippen molar-refractivity contribution in [2.45, 2.75) is 11.2 Å². The zero-order chi connectivity index (χ0) is 14.5. The normalized spacial score (nSPS) is 12.0. The van der Waals surface area contributed by atoms with E-state index >= 15 is 0 Å². The largest absolute Gasteiger partial charge is 0.493 e. The summed E-state index contributed by atoms with van der Waals surface area (Å²) < 4.78 is 11.9. The summed E-state index contributed by atoms with van der Waals surface area (Å²) in [6.07, 6.45) is 0.903. The van der Waals surface area contributed by atoms with E-state index in [1.54, 1.807) is 14.2 Å². The summed E-state index contributed by atoms with van der Waals surface area (Å²) in [5, 5.41) is 0. The molecule has 0 aromatic heterocycles. The van der Waals surface area contributed by atoms with Crippen molar-refractivity contribution in [3.05, 3.63) is 57.2 Å². The third-order valence-electron chi connectivity index (χ3n) is 3.11. The van der Waals surface area contributed by atoms with Crippen LogP contribution >= 0.6 is 38.5 Å². The molecule has 0 N–H and O–H groups in total. The molecule has 0 aliphatic rings. The average molecular weight is 447 g/mol. The van der Waals surface area contributed by atoms with Gasteiger partial charge in [-0.05, 0) is 58.3 Å². The molecule has 0 spiro atoms. The van der Waals surface area contributed by atoms with Crippen molar-refractivity contribution >= 4 is 38.5 Å². The third kappa shape index (κ3) is 3.67. The van der Waals surface area contributed by atoms with Crippen molar-refractivity contribution in [3.63, 3.8) is 0 Å². The van der Waals surface area contributed by atoms with Gasteiger partial charge in [-0.15, -0.1) is 0 Å². The van der Waals surface area contributed by atoms with E-state index in [9.17, 15) is 0 Å². The SMILES string of the molecule is COc1ccc(CC(Br)c2ccccc2I)cc1OC. The van der Waals surface area contributed by atoms with Crippen molar-refractivity contribution in [1.82, 2.24) is 0 Å². The summed E-state index contributed by atoms with van der Waals surface area (Å²) in [7, 11) is 3.31. The lowest BCUT2D eigenvalue weighted by atomic mass is 10.0. The first-order valence-electron chi connectivity index (χ1n) is 6.25. The van der Waals surface area contributed by atoms with Crippen molar-refractivity contribution < 1.29 is 9.47 Å². The Hall–Kier alpha value is -0.750. The molecule has 0 radical (unpaired) electrons. The van der Waals surface area contributed by atoms with Gasteiger partial charge in [0.2, 0.25) is 0 Å². The molecule has 0 aliphatic heterocycles. The van der Waals surface area contributed by atoms with Gasteiger partial charge in [-0.3, -0.25) is 0 Å². The second-order valence-electron chi connectivity index (χ2n) is 4.38. The van der Waals surface area contributed by atoms with Crippen LogP contribution in [0, 0.1) is 3.57 Å². The van der Waals surface area contributed by atoms with E-state index in [1.807, 2.05) is 12.1 Å². The van der Waals surface area contributed by atoms with Gasteiger partial charge in [0.25, 0.3) is 0 Å². The number of hydrogen-bond donors (Lipinski definition) is 0. The molecular weight excluding hydrogens is 431 g/mol. The standard InChI is InChI=1S/C16H16BrIO2/c1-19-15-8-7-11(10-16(15)20-2)9-13(17)12-5-3-4-6-14(12)18/h3-8,10,13H,9H2,1-2H3. The third-order valence-corrected chi connectivity index (χ3v) is 4.90. The van der Waals surface area contributed by atoms with E-state index < -0.39 is 0 Å². The smallest absolute Gasteiger partial charge is 0.160 e. The lowest BCUT2D eigenvalue weighted by molar-refractivity contribution is 0.354. The van der Waals surface area contributed by atoms with Crippen LogP contribution in [0.15, 0.2) is 42.5 Å². The van der Waals surface area contributed by atoms with E-state index in [0.717, 1.165) is 17.9 Å². The van der Waals surface area contributed by atoms with Crippen molar-refractivity contribution in [2.24, 2.45) is 0 Å². The molecule has 0 saturated carbocycles. The van der Waals surface area contributed by atoms with Crippen LogP contribution in [0.25, 0.3) is 0 Å². The maximum Gasteiger partial charge on any atom is 0.160 e. The monoisotopic (exact) mass is 446 g/mol. The number of alkyl halides is 1. The van der Waals surface area contributed by atoms with Gasteiger partial charge in [-0.1, -0.05) is 40.2 Å². The predicted octanol–water partition coefficient (Wildman–Crippen LogP) is 4.99. The van der Waals surface area contributed by atoms with Gasteiger partial charge in [0.05, 0.1) is 14.2 Å². The molecule has 0 heterocycles. The average Bonchev–Trinajstić information content (AvgIpc) is 2.47. The minimum absolute atomic E-state index is 0.286. The fraction of sp³-hybridized carbons (Fsp3) is 0.250. The van der Waals surface area contributed by atoms with Gasteiger partial charge in [0.1, 0.15) is 0 Å². The van der Waals surface area contributed by atoms with E-state index in [-0.39, 0.29) is 4.83 Å². The maximum absolute atomic E-state index is 5.35. The lowest BCUT2D eigenvalue weighted by Gasteiger charge is -2.14. The van der Waals surface area contributed by atoms with E-state index in [2.05, 4.69) is 68.9 Å². The highest BCUT2D eigenvalue weighted by Gasteiger charge is 2.13. The molecule has 2 aromatic carbocycles. The second kappa shape index (κ2) is 7.31. The molecule has 0 amide bonds. The molecule has 2 rings (SSSR count). The minimum Gasteiger partial charge on any atom is -0.493 e. The van der Waals surface area contributed by atoms with Crippen molar-refractivity contribution in [1.29, 1.82) is 0 Å². The first-order valence-corrected chi connectivity index (χ1v) is 8.24. The van der Waals surface area contributed by atoms with Crippen LogP contribution in [0.3, 0.4) is 0 Å². The molecule has 20 heavy (non-hydrogen) atoms. The Bertz CT molecular complexity index is 586. The Balaban J connectivity index is 2.20. The Kier molecular flexibility index (Phi) is 5.72. The topological polar surface area (TPSA) is 18.5 Å². The molecule has 1 unspecified atom stereocenters. The quantitative estimate of drug-likeness (QED) is 0.476. The fourth-order valence-electron chi connectivity index (χ4n) is 2.05. The first kappa shape index (κ1) is 15.6. The second-order valence-corrected chi connectivity index (χ2v) is 6.65. The molecule has 2 aromatic rings. The molecular formula is C16H16BrIO2. The Morgan fingerprint density at radius 1 is 1.05 bits per heavy atom. The Morgan fingerprint density at radius 3 is 2.40 bits per heavy atom. The van der Waals surface area contributed by atoms with Gasteiger partial charge >= 0.3 is 0 Å². The number of benzene rings is 2. The minimum atomic E-state index is 0.286. The summed E-state index contributed by atoms with van der Waals surface area (Å²) in [4.78, 5) is 0.286. The van der Waals surface area contributed by atoms with E-state index in [0.29, 0.717) is 0 Å². The van der Waals surface area contributed by atoms with Crippen molar-refractivity contribution in [2.75, 3.05) is 14.2 Å². The van der Waals surface area contributed by atoms with Gasteiger partial charge in [0, 0.05) is 8.40 Å². The molecule has 0 bridgehead atoms. The van der Waals surface area contributed by atoms with Crippen LogP contribution in [0.1, 0.15) is 16.0 Å². The van der Waals surface area contributed by atoms with Gasteiger partial charge in [0.15, 0.2) is 11.5 Å².